The number of ether oxygens (including phenoxy) is 1. The molecule has 1 aliphatic heterocycles. The molecule has 0 spiro atoms. The maximum atomic E-state index is 13.5. The molecule has 3 heterocycles. The Hall–Kier alpha value is -3.21. The van der Waals surface area contributed by atoms with Gasteiger partial charge in [0.15, 0.2) is 0 Å². The van der Waals surface area contributed by atoms with Crippen LogP contribution in [0, 0.1) is 6.92 Å². The zero-order valence-electron chi connectivity index (χ0n) is 23.8. The van der Waals surface area contributed by atoms with Gasteiger partial charge in [-0.25, -0.2) is 19.6 Å². The number of hydrogen-bond donors (Lipinski definition) is 0. The van der Waals surface area contributed by atoms with Crippen molar-refractivity contribution in [2.75, 3.05) is 13.7 Å². The van der Waals surface area contributed by atoms with E-state index >= 15 is 0 Å². The third-order valence-electron chi connectivity index (χ3n) is 6.66. The number of imide groups is 1. The first-order valence-electron chi connectivity index (χ1n) is 13.3. The van der Waals surface area contributed by atoms with Gasteiger partial charge in [0.2, 0.25) is 0 Å². The van der Waals surface area contributed by atoms with Gasteiger partial charge in [-0.2, -0.15) is 0 Å². The van der Waals surface area contributed by atoms with E-state index in [2.05, 4.69) is 21.5 Å². The highest BCUT2D eigenvalue weighted by atomic mass is 35.5. The van der Waals surface area contributed by atoms with Crippen molar-refractivity contribution in [3.8, 4) is 0 Å². The van der Waals surface area contributed by atoms with E-state index in [0.29, 0.717) is 24.4 Å². The first kappa shape index (κ1) is 34.0. The molecule has 4 rings (SSSR count). The Morgan fingerprint density at radius 1 is 1.02 bits per heavy atom. The Balaban J connectivity index is 0.00000294. The van der Waals surface area contributed by atoms with E-state index in [1.54, 1.807) is 24.4 Å². The van der Waals surface area contributed by atoms with Crippen LogP contribution in [-0.4, -0.2) is 55.9 Å². The van der Waals surface area contributed by atoms with Gasteiger partial charge in [0.1, 0.15) is 11.5 Å². The maximum Gasteiger partial charge on any atom is 0.337 e. The smallest absolute Gasteiger partial charge is 0.337 e. The van der Waals surface area contributed by atoms with Gasteiger partial charge < -0.3 is 9.30 Å². The summed E-state index contributed by atoms with van der Waals surface area (Å²) in [6, 6.07) is 6.94. The van der Waals surface area contributed by atoms with E-state index in [1.807, 2.05) is 31.4 Å². The number of rotatable bonds is 12. The van der Waals surface area contributed by atoms with Crippen molar-refractivity contribution in [2.45, 2.75) is 66.0 Å². The van der Waals surface area contributed by atoms with E-state index in [4.69, 9.17) is 4.74 Å². The fraction of sp³-hybridized carbons (Fsp3) is 0.414. The normalized spacial score (nSPS) is 13.9. The van der Waals surface area contributed by atoms with Crippen molar-refractivity contribution in [2.24, 2.45) is 0 Å². The summed E-state index contributed by atoms with van der Waals surface area (Å²) in [5.41, 5.74) is 3.28. The summed E-state index contributed by atoms with van der Waals surface area (Å²) >= 11 is 1.52. The lowest BCUT2D eigenvalue weighted by atomic mass is 10.1. The second-order valence-electron chi connectivity index (χ2n) is 9.54. The predicted octanol–water partition coefficient (Wildman–Crippen LogP) is 6.27. The van der Waals surface area contributed by atoms with Crippen LogP contribution in [0.4, 0.5) is 4.79 Å². The van der Waals surface area contributed by atoms with Crippen LogP contribution in [0.2, 0.25) is 0 Å². The molecular formula is C29H37Cl2N5O4S. The number of thiazole rings is 1. The summed E-state index contributed by atoms with van der Waals surface area (Å²) in [6.07, 6.45) is 7.95. The number of esters is 1. The lowest BCUT2D eigenvalue weighted by Gasteiger charge is -2.16. The number of urea groups is 1. The van der Waals surface area contributed by atoms with Crippen molar-refractivity contribution in [3.63, 3.8) is 0 Å². The highest BCUT2D eigenvalue weighted by molar-refractivity contribution is 7.09. The van der Waals surface area contributed by atoms with Gasteiger partial charge >= 0.3 is 12.0 Å². The van der Waals surface area contributed by atoms with E-state index in [0.717, 1.165) is 59.9 Å². The molecular weight excluding hydrogens is 585 g/mol. The van der Waals surface area contributed by atoms with Crippen LogP contribution < -0.4 is 0 Å². The van der Waals surface area contributed by atoms with Crippen LogP contribution >= 0.6 is 36.2 Å². The molecule has 0 atom stereocenters. The monoisotopic (exact) mass is 621 g/mol. The third-order valence-corrected chi connectivity index (χ3v) is 7.48. The molecule has 41 heavy (non-hydrogen) atoms. The van der Waals surface area contributed by atoms with E-state index in [1.165, 1.54) is 28.2 Å². The first-order valence-corrected chi connectivity index (χ1v) is 14.2. The number of nitrogens with zero attached hydrogens (tertiary/aromatic N) is 5. The molecule has 0 aliphatic carbocycles. The summed E-state index contributed by atoms with van der Waals surface area (Å²) < 4.78 is 6.89. The molecule has 0 radical (unpaired) electrons. The number of unbranched alkanes of at least 4 members (excludes halogenated alkanes) is 2. The molecule has 3 amide bonds. The lowest BCUT2D eigenvalue weighted by molar-refractivity contribution is -0.123. The molecule has 1 aliphatic rings. The molecule has 9 nitrogen and oxygen atoms in total. The molecule has 1 fully saturated rings. The third kappa shape index (κ3) is 7.96. The molecule has 0 bridgehead atoms. The van der Waals surface area contributed by atoms with Gasteiger partial charge in [0, 0.05) is 24.9 Å². The highest BCUT2D eigenvalue weighted by Gasteiger charge is 2.41. The van der Waals surface area contributed by atoms with Crippen molar-refractivity contribution in [1.29, 1.82) is 0 Å². The minimum Gasteiger partial charge on any atom is -0.465 e. The fourth-order valence-electron chi connectivity index (χ4n) is 4.49. The molecule has 222 valence electrons. The Morgan fingerprint density at radius 2 is 1.73 bits per heavy atom. The minimum absolute atomic E-state index is 0. The number of hydrogen-bond acceptors (Lipinski definition) is 7. The van der Waals surface area contributed by atoms with Crippen LogP contribution in [0.15, 0.2) is 41.5 Å². The number of halogens is 2. The molecule has 0 N–H and O–H groups in total. The van der Waals surface area contributed by atoms with E-state index in [9.17, 15) is 14.4 Å². The average Bonchev–Trinajstić information content (AvgIpc) is 3.59. The van der Waals surface area contributed by atoms with Crippen LogP contribution in [0.5, 0.6) is 0 Å². The Morgan fingerprint density at radius 3 is 2.34 bits per heavy atom. The van der Waals surface area contributed by atoms with Crippen molar-refractivity contribution >= 4 is 60.1 Å². The number of aryl methyl sites for hydroxylation is 2. The van der Waals surface area contributed by atoms with Crippen LogP contribution in [0.1, 0.15) is 77.7 Å². The number of benzene rings is 1. The highest BCUT2D eigenvalue weighted by Crippen LogP contribution is 2.27. The molecule has 1 aromatic carbocycles. The summed E-state index contributed by atoms with van der Waals surface area (Å²) in [4.78, 5) is 50.8. The van der Waals surface area contributed by atoms with E-state index in [-0.39, 0.29) is 49.3 Å². The van der Waals surface area contributed by atoms with Crippen molar-refractivity contribution < 1.29 is 19.1 Å². The van der Waals surface area contributed by atoms with Crippen LogP contribution in [-0.2, 0) is 29.0 Å². The molecule has 1 saturated heterocycles. The van der Waals surface area contributed by atoms with Crippen LogP contribution in [0.25, 0.3) is 6.08 Å². The van der Waals surface area contributed by atoms with Crippen molar-refractivity contribution in [1.82, 2.24) is 24.3 Å². The van der Waals surface area contributed by atoms with Gasteiger partial charge in [0.05, 0.1) is 41.8 Å². The Kier molecular flexibility index (Phi) is 13.0. The van der Waals surface area contributed by atoms with Gasteiger partial charge in [0.25, 0.3) is 5.91 Å². The topological polar surface area (TPSA) is 97.6 Å². The Bertz CT molecular complexity index is 1370. The lowest BCUT2D eigenvalue weighted by Crippen LogP contribution is -2.33. The van der Waals surface area contributed by atoms with Crippen LogP contribution in [0.3, 0.4) is 0 Å². The van der Waals surface area contributed by atoms with E-state index < -0.39 is 0 Å². The first-order chi connectivity index (χ1) is 18.9. The number of methoxy groups -OCH3 is 1. The Labute approximate surface area is 257 Å². The SMILES string of the molecule is CCCCc1ncc(C=C2C(=O)N(CCCC)C(=O)N2Cc2csc(C)n2)n1Cc1ccc(C(=O)OC)cc1.Cl.Cl. The molecule has 2 aromatic heterocycles. The summed E-state index contributed by atoms with van der Waals surface area (Å²) in [5, 5.41) is 2.83. The second kappa shape index (κ2) is 15.7. The fourth-order valence-corrected chi connectivity index (χ4v) is 5.09. The molecule has 0 saturated carbocycles. The van der Waals surface area contributed by atoms with Gasteiger partial charge in [-0.1, -0.05) is 38.8 Å². The predicted molar refractivity (Wildman–Crippen MR) is 165 cm³/mol. The van der Waals surface area contributed by atoms with Crippen molar-refractivity contribution in [3.05, 3.63) is 74.9 Å². The van der Waals surface area contributed by atoms with Gasteiger partial charge in [-0.15, -0.1) is 36.2 Å². The summed E-state index contributed by atoms with van der Waals surface area (Å²) in [5.74, 6) is 0.221. The minimum atomic E-state index is -0.384. The zero-order valence-corrected chi connectivity index (χ0v) is 26.2. The van der Waals surface area contributed by atoms with Gasteiger partial charge in [-0.05, 0) is 43.5 Å². The molecule has 12 heteroatoms. The number of aromatic nitrogens is 3. The molecule has 0 unspecified atom stereocenters. The second-order valence-corrected chi connectivity index (χ2v) is 10.6. The number of imidazole rings is 1. The quantitative estimate of drug-likeness (QED) is 0.134. The summed E-state index contributed by atoms with van der Waals surface area (Å²) in [7, 11) is 1.36. The van der Waals surface area contributed by atoms with Gasteiger partial charge in [-0.3, -0.25) is 14.6 Å². The maximum absolute atomic E-state index is 13.5. The molecule has 3 aromatic rings. The standard InChI is InChI=1S/C29H35N5O4S.2ClH/c1-5-7-9-26-30-16-24(33(26)17-21-10-12-22(13-11-21)28(36)38-4)15-25-27(35)32(14-8-6-2)29(37)34(25)18-23-19-39-20(3)31-23;;/h10-13,15-16,19H,5-9,14,17-18H2,1-4H3;2*1H. The number of carbonyl (C=O) groups is 3. The zero-order chi connectivity index (χ0) is 27.9. The number of amides is 3. The largest absolute Gasteiger partial charge is 0.465 e. The summed E-state index contributed by atoms with van der Waals surface area (Å²) in [6.45, 7) is 7.20. The number of carbonyl (C=O) groups excluding carboxylic acids is 3. The average molecular weight is 623 g/mol.